The molecule has 2 aromatic rings. The fourth-order valence-corrected chi connectivity index (χ4v) is 2.27. The van der Waals surface area contributed by atoms with Crippen LogP contribution in [0.2, 0.25) is 0 Å². The van der Waals surface area contributed by atoms with E-state index in [0.717, 1.165) is 30.8 Å². The fraction of sp³-hybridized carbons (Fsp3) is 0.588. The van der Waals surface area contributed by atoms with Crippen LogP contribution in [-0.2, 0) is 25.9 Å². The van der Waals surface area contributed by atoms with Gasteiger partial charge in [-0.1, -0.05) is 13.8 Å². The third-order valence-electron chi connectivity index (χ3n) is 3.58. The third-order valence-corrected chi connectivity index (χ3v) is 3.58. The molecule has 0 fully saturated rings. The van der Waals surface area contributed by atoms with Crippen molar-refractivity contribution in [3.05, 3.63) is 41.1 Å². The number of aromatic nitrogens is 2. The van der Waals surface area contributed by atoms with Gasteiger partial charge < -0.3 is 9.73 Å². The Morgan fingerprint density at radius 1 is 1.24 bits per heavy atom. The van der Waals surface area contributed by atoms with Gasteiger partial charge in [-0.2, -0.15) is 5.10 Å². The molecular weight excluding hydrogens is 262 g/mol. The molecule has 116 valence electrons. The number of furan rings is 1. The molecule has 2 rings (SSSR count). The Kier molecular flexibility index (Phi) is 4.88. The summed E-state index contributed by atoms with van der Waals surface area (Å²) in [5, 5.41) is 8.17. The number of hydrogen-bond donors (Lipinski definition) is 1. The van der Waals surface area contributed by atoms with Crippen molar-refractivity contribution in [1.29, 1.82) is 0 Å². The summed E-state index contributed by atoms with van der Waals surface area (Å²) in [5.41, 5.74) is 3.72. The minimum absolute atomic E-state index is 0.101. The first-order valence-electron chi connectivity index (χ1n) is 7.78. The highest BCUT2D eigenvalue weighted by Gasteiger charge is 2.14. The molecule has 0 atom stereocenters. The molecular formula is C17H27N3O. The average molecular weight is 289 g/mol. The Morgan fingerprint density at radius 3 is 2.62 bits per heavy atom. The van der Waals surface area contributed by atoms with E-state index in [9.17, 15) is 0 Å². The van der Waals surface area contributed by atoms with Gasteiger partial charge >= 0.3 is 0 Å². The predicted molar refractivity (Wildman–Crippen MR) is 85.4 cm³/mol. The maximum atomic E-state index is 5.68. The van der Waals surface area contributed by atoms with Crippen LogP contribution in [0.1, 0.15) is 57.3 Å². The molecule has 0 aliphatic carbocycles. The van der Waals surface area contributed by atoms with Gasteiger partial charge in [0.15, 0.2) is 0 Å². The second-order valence-electron chi connectivity index (χ2n) is 6.46. The number of aryl methyl sites for hydroxylation is 2. The maximum Gasteiger partial charge on any atom is 0.129 e. The van der Waals surface area contributed by atoms with E-state index >= 15 is 0 Å². The quantitative estimate of drug-likeness (QED) is 0.884. The number of nitrogens with zero attached hydrogens (tertiary/aromatic N) is 2. The zero-order chi connectivity index (χ0) is 15.5. The maximum absolute atomic E-state index is 5.68. The summed E-state index contributed by atoms with van der Waals surface area (Å²) in [4.78, 5) is 0. The van der Waals surface area contributed by atoms with Crippen LogP contribution in [0.15, 0.2) is 22.8 Å². The summed E-state index contributed by atoms with van der Waals surface area (Å²) in [6.45, 7) is 12.3. The average Bonchev–Trinajstić information content (AvgIpc) is 3.02. The summed E-state index contributed by atoms with van der Waals surface area (Å²) in [6.07, 6.45) is 3.73. The first-order chi connectivity index (χ1) is 9.93. The lowest BCUT2D eigenvalue weighted by atomic mass is 10.1. The topological polar surface area (TPSA) is 43.0 Å². The number of nitrogens with one attached hydrogen (secondary N) is 1. The van der Waals surface area contributed by atoms with Crippen molar-refractivity contribution in [1.82, 2.24) is 15.1 Å². The first kappa shape index (κ1) is 15.8. The zero-order valence-electron chi connectivity index (χ0n) is 13.9. The molecule has 0 unspecified atom stereocenters. The molecule has 0 saturated heterocycles. The SMILES string of the molecule is CCc1cc(CC)n(Cc2occc2CNC(C)(C)C)n1. The molecule has 0 spiro atoms. The highest BCUT2D eigenvalue weighted by atomic mass is 16.3. The van der Waals surface area contributed by atoms with E-state index in [1.54, 1.807) is 6.26 Å². The Balaban J connectivity index is 2.13. The van der Waals surface area contributed by atoms with Crippen LogP contribution in [0.4, 0.5) is 0 Å². The zero-order valence-corrected chi connectivity index (χ0v) is 13.9. The lowest BCUT2D eigenvalue weighted by Gasteiger charge is -2.20. The van der Waals surface area contributed by atoms with Crippen LogP contribution >= 0.6 is 0 Å². The predicted octanol–water partition coefficient (Wildman–Crippen LogP) is 3.54. The van der Waals surface area contributed by atoms with E-state index in [4.69, 9.17) is 4.42 Å². The highest BCUT2D eigenvalue weighted by Crippen LogP contribution is 2.16. The van der Waals surface area contributed by atoms with Crippen molar-refractivity contribution in [3.63, 3.8) is 0 Å². The molecule has 0 saturated carbocycles. The Labute approximate surface area is 127 Å². The molecule has 1 N–H and O–H groups in total. The minimum Gasteiger partial charge on any atom is -0.467 e. The smallest absolute Gasteiger partial charge is 0.129 e. The van der Waals surface area contributed by atoms with Crippen LogP contribution in [0.5, 0.6) is 0 Å². The van der Waals surface area contributed by atoms with E-state index in [0.29, 0.717) is 6.54 Å². The lowest BCUT2D eigenvalue weighted by molar-refractivity contribution is 0.415. The molecule has 4 heteroatoms. The van der Waals surface area contributed by atoms with Crippen molar-refractivity contribution in [2.24, 2.45) is 0 Å². The Morgan fingerprint density at radius 2 is 2.00 bits per heavy atom. The van der Waals surface area contributed by atoms with E-state index in [2.05, 4.69) is 55.8 Å². The summed E-state index contributed by atoms with van der Waals surface area (Å²) in [5.74, 6) is 0.993. The van der Waals surface area contributed by atoms with Crippen LogP contribution < -0.4 is 5.32 Å². The van der Waals surface area contributed by atoms with Crippen molar-refractivity contribution >= 4 is 0 Å². The van der Waals surface area contributed by atoms with Gasteiger partial charge in [-0.25, -0.2) is 0 Å². The fourth-order valence-electron chi connectivity index (χ4n) is 2.27. The Bertz CT molecular complexity index is 575. The molecule has 0 radical (unpaired) electrons. The van der Waals surface area contributed by atoms with Gasteiger partial charge in [-0.3, -0.25) is 4.68 Å². The molecule has 21 heavy (non-hydrogen) atoms. The normalized spacial score (nSPS) is 12.0. The van der Waals surface area contributed by atoms with Crippen molar-refractivity contribution in [2.75, 3.05) is 0 Å². The van der Waals surface area contributed by atoms with Crippen LogP contribution in [0.3, 0.4) is 0 Å². The lowest BCUT2D eigenvalue weighted by Crippen LogP contribution is -2.35. The minimum atomic E-state index is 0.101. The highest BCUT2D eigenvalue weighted by molar-refractivity contribution is 5.19. The number of hydrogen-bond acceptors (Lipinski definition) is 3. The first-order valence-corrected chi connectivity index (χ1v) is 7.78. The van der Waals surface area contributed by atoms with Crippen LogP contribution in [0.25, 0.3) is 0 Å². The second-order valence-corrected chi connectivity index (χ2v) is 6.46. The van der Waals surface area contributed by atoms with E-state index < -0.39 is 0 Å². The van der Waals surface area contributed by atoms with Crippen LogP contribution in [-0.4, -0.2) is 15.3 Å². The monoisotopic (exact) mass is 289 g/mol. The van der Waals surface area contributed by atoms with E-state index in [1.165, 1.54) is 11.3 Å². The van der Waals surface area contributed by atoms with Crippen LogP contribution in [0, 0.1) is 0 Å². The summed E-state index contributed by atoms with van der Waals surface area (Å²) < 4.78 is 7.74. The van der Waals surface area contributed by atoms with Gasteiger partial charge in [0.1, 0.15) is 5.76 Å². The van der Waals surface area contributed by atoms with Crippen molar-refractivity contribution < 1.29 is 4.42 Å². The van der Waals surface area contributed by atoms with Gasteiger partial charge in [-0.15, -0.1) is 0 Å². The molecule has 0 aromatic carbocycles. The van der Waals surface area contributed by atoms with E-state index in [-0.39, 0.29) is 5.54 Å². The van der Waals surface area contributed by atoms with Gasteiger partial charge in [0, 0.05) is 23.3 Å². The Hall–Kier alpha value is -1.55. The van der Waals surface area contributed by atoms with Gasteiger partial charge in [0.05, 0.1) is 18.5 Å². The number of rotatable bonds is 6. The summed E-state index contributed by atoms with van der Waals surface area (Å²) >= 11 is 0. The molecule has 0 aliphatic rings. The molecule has 0 aliphatic heterocycles. The molecule has 0 bridgehead atoms. The molecule has 2 aromatic heterocycles. The van der Waals surface area contributed by atoms with Gasteiger partial charge in [-0.05, 0) is 45.7 Å². The largest absolute Gasteiger partial charge is 0.467 e. The van der Waals surface area contributed by atoms with Crippen molar-refractivity contribution in [3.8, 4) is 0 Å². The standard InChI is InChI=1S/C17H27N3O/c1-6-14-10-15(7-2)20(19-14)12-16-13(8-9-21-16)11-18-17(3,4)5/h8-10,18H,6-7,11-12H2,1-5H3. The second kappa shape index (κ2) is 6.48. The van der Waals surface area contributed by atoms with E-state index in [1.807, 2.05) is 6.07 Å². The third kappa shape index (κ3) is 4.21. The van der Waals surface area contributed by atoms with Gasteiger partial charge in [0.2, 0.25) is 0 Å². The molecule has 0 amide bonds. The van der Waals surface area contributed by atoms with Crippen molar-refractivity contribution in [2.45, 2.75) is 66.1 Å². The summed E-state index contributed by atoms with van der Waals surface area (Å²) in [7, 11) is 0. The summed E-state index contributed by atoms with van der Waals surface area (Å²) in [6, 6.07) is 4.24. The molecule has 2 heterocycles. The molecule has 4 nitrogen and oxygen atoms in total. The van der Waals surface area contributed by atoms with Gasteiger partial charge in [0.25, 0.3) is 0 Å².